The summed E-state index contributed by atoms with van der Waals surface area (Å²) in [5.74, 6) is 5.34. The van der Waals surface area contributed by atoms with Gasteiger partial charge in [-0.25, -0.2) is 0 Å². The van der Waals surface area contributed by atoms with Gasteiger partial charge < -0.3 is 44.2 Å². The third kappa shape index (κ3) is 49.2. The van der Waals surface area contributed by atoms with Crippen LogP contribution in [0.4, 0.5) is 0 Å². The van der Waals surface area contributed by atoms with Crippen molar-refractivity contribution in [1.82, 2.24) is 4.90 Å². The zero-order valence-electron chi connectivity index (χ0n) is 56.9. The van der Waals surface area contributed by atoms with E-state index in [1.807, 2.05) is 0 Å². The van der Waals surface area contributed by atoms with E-state index in [2.05, 4.69) is 150 Å². The fourth-order valence-electron chi connectivity index (χ4n) is 11.9. The van der Waals surface area contributed by atoms with Gasteiger partial charge in [-0.15, -0.1) is 0 Å². The number of aliphatic hydroxyl groups excluding tert-OH is 1. The van der Waals surface area contributed by atoms with Gasteiger partial charge in [0.1, 0.15) is 0 Å². The van der Waals surface area contributed by atoms with Gasteiger partial charge in [-0.05, 0) is 231 Å². The molecule has 5 aliphatic rings. The first-order chi connectivity index (χ1) is 37.6. The van der Waals surface area contributed by atoms with Crippen molar-refractivity contribution >= 4 is 0 Å². The van der Waals surface area contributed by atoms with Crippen LogP contribution in [0.15, 0.2) is 24.4 Å². The molecule has 0 bridgehead atoms. The second-order valence-electron chi connectivity index (χ2n) is 28.6. The number of hydrogen-bond acceptors (Lipinski definition) is 9. The standard InChI is InChI=1S/C13H26O.C13H24O.C12H24O2.C12H24O.C11H23NO.C10H21NO/c2*1-10(2)9-12(4)14-13-7-5-11(3)6-8-13;1-9(2)8-10(3)14-12-6-4-11(13)5-7-12;1-10(2)9-11(3)13-12-7-5-4-6-8-12;1-10(2)9-11(3)13-8-7-12-5-4-6-12;1-8(2)7-10(4)12-6-5-9(3)11/h10-13H,5-9H2,1-4H3;10,12-13H,3,5-9H2,1-2,4H3;9-13H,4-8H2,1-3H3;10-12H,4-9H2,1-3H3;10-11H,4-9H2,1-3H3;8,10H,3,5-7,11H2,1-2,4H3/t11?,12-,13?;12-;10-,11?,12?;2*11-;10-/m111111/s1. The van der Waals surface area contributed by atoms with E-state index in [9.17, 15) is 5.11 Å². The summed E-state index contributed by atoms with van der Waals surface area (Å²) in [6, 6.07) is 0. The highest BCUT2D eigenvalue weighted by atomic mass is 16.5. The number of allylic oxidation sites excluding steroid dienone is 1. The van der Waals surface area contributed by atoms with E-state index >= 15 is 0 Å². The first kappa shape index (κ1) is 79.0. The van der Waals surface area contributed by atoms with Gasteiger partial charge in [0.05, 0.1) is 80.4 Å². The second-order valence-corrected chi connectivity index (χ2v) is 28.6. The van der Waals surface area contributed by atoms with E-state index in [-0.39, 0.29) is 6.10 Å². The highest BCUT2D eigenvalue weighted by Gasteiger charge is 2.24. The molecule has 5 fully saturated rings. The summed E-state index contributed by atoms with van der Waals surface area (Å²) >= 11 is 0. The first-order valence-corrected chi connectivity index (χ1v) is 34.0. The molecule has 9 heteroatoms. The summed E-state index contributed by atoms with van der Waals surface area (Å²) in [4.78, 5) is 2.45. The van der Waals surface area contributed by atoms with Crippen LogP contribution < -0.4 is 5.73 Å². The highest BCUT2D eigenvalue weighted by Crippen LogP contribution is 2.29. The van der Waals surface area contributed by atoms with Gasteiger partial charge in [0.25, 0.3) is 0 Å². The number of hydrogen-bond donors (Lipinski definition) is 2. The van der Waals surface area contributed by atoms with Crippen molar-refractivity contribution in [2.45, 2.75) is 359 Å². The average molecular weight is 1140 g/mol. The second kappa shape index (κ2) is 48.1. The Kier molecular flexibility index (Phi) is 47.5. The maximum absolute atomic E-state index is 9.35. The van der Waals surface area contributed by atoms with Crippen LogP contribution in [-0.4, -0.2) is 110 Å². The zero-order chi connectivity index (χ0) is 60.6. The lowest BCUT2D eigenvalue weighted by molar-refractivity contribution is -0.0470. The van der Waals surface area contributed by atoms with Crippen LogP contribution in [0.25, 0.3) is 0 Å². The largest absolute Gasteiger partial charge is 0.402 e. The number of likely N-dealkylation sites (tertiary alicyclic amines) is 1. The van der Waals surface area contributed by atoms with E-state index in [4.69, 9.17) is 34.2 Å². The number of rotatable bonds is 28. The summed E-state index contributed by atoms with van der Waals surface area (Å²) in [6.07, 6.45) is 34.2. The molecule has 0 aromatic carbocycles. The molecule has 4 saturated carbocycles. The first-order valence-electron chi connectivity index (χ1n) is 34.0. The van der Waals surface area contributed by atoms with E-state index in [1.54, 1.807) is 0 Å². The molecule has 1 heterocycles. The molecular formula is C71H142N2O7. The predicted molar refractivity (Wildman–Crippen MR) is 347 cm³/mol. The maximum Gasteiger partial charge on any atom is 0.0597 e. The van der Waals surface area contributed by atoms with Crippen molar-refractivity contribution in [3.8, 4) is 0 Å². The Morgan fingerprint density at radius 2 is 0.775 bits per heavy atom. The van der Waals surface area contributed by atoms with Crippen LogP contribution in [0.3, 0.4) is 0 Å². The smallest absolute Gasteiger partial charge is 0.0597 e. The molecule has 0 unspecified atom stereocenters. The van der Waals surface area contributed by atoms with Crippen molar-refractivity contribution in [3.63, 3.8) is 0 Å². The third-order valence-electron chi connectivity index (χ3n) is 15.9. The van der Waals surface area contributed by atoms with E-state index in [1.165, 1.54) is 134 Å². The molecule has 5 rings (SSSR count). The van der Waals surface area contributed by atoms with Crippen molar-refractivity contribution < 1.29 is 33.5 Å². The summed E-state index contributed by atoms with van der Waals surface area (Å²) in [7, 11) is 0. The minimum absolute atomic E-state index is 0.0738. The van der Waals surface area contributed by atoms with Crippen LogP contribution in [0.1, 0.15) is 292 Å². The topological polar surface area (TPSA) is 105 Å². The van der Waals surface area contributed by atoms with Gasteiger partial charge in [-0.2, -0.15) is 0 Å². The zero-order valence-corrected chi connectivity index (χ0v) is 56.9. The number of aliphatic hydroxyl groups is 1. The number of nitrogens with two attached hydrogens (primary N) is 1. The Labute approximate surface area is 499 Å². The summed E-state index contributed by atoms with van der Waals surface area (Å²) in [5.41, 5.74) is 7.51. The molecule has 3 N–H and O–H groups in total. The molecule has 6 atom stereocenters. The SMILES string of the molecule is C=C(N)CCO[C@H](C)CC(C)C.C=C1CCC(O[C@H](C)CC(C)C)CC1.CC(C)C[C@@H](C)OC1CCC(C)CC1.CC(C)C[C@@H](C)OC1CCC(O)CC1.CC(C)C[C@@H](C)OC1CCCCC1.CC(C)C[C@@H](C)OCCN1CCC1. The quantitative estimate of drug-likeness (QED) is 0.0741. The molecule has 478 valence electrons. The fraction of sp³-hybridized carbons (Fsp3) is 0.944. The van der Waals surface area contributed by atoms with Crippen molar-refractivity contribution in [1.29, 1.82) is 0 Å². The van der Waals surface area contributed by atoms with Gasteiger partial charge in [0, 0.05) is 18.7 Å². The summed E-state index contributed by atoms with van der Waals surface area (Å²) in [5, 5.41) is 9.35. The van der Waals surface area contributed by atoms with E-state index in [0.29, 0.717) is 85.2 Å². The average Bonchev–Trinajstić information content (AvgIpc) is 3.32. The Morgan fingerprint density at radius 3 is 1.11 bits per heavy atom. The minimum Gasteiger partial charge on any atom is -0.402 e. The molecule has 9 nitrogen and oxygen atoms in total. The van der Waals surface area contributed by atoms with Gasteiger partial charge >= 0.3 is 0 Å². The van der Waals surface area contributed by atoms with Gasteiger partial charge in [-0.1, -0.05) is 128 Å². The van der Waals surface area contributed by atoms with Crippen molar-refractivity contribution in [2.24, 2.45) is 47.2 Å². The van der Waals surface area contributed by atoms with E-state index in [0.717, 1.165) is 87.7 Å². The van der Waals surface area contributed by atoms with Gasteiger partial charge in [-0.3, -0.25) is 0 Å². The van der Waals surface area contributed by atoms with Crippen LogP contribution in [0, 0.1) is 41.4 Å². The Balaban J connectivity index is 0.000000937. The van der Waals surface area contributed by atoms with Gasteiger partial charge in [0.2, 0.25) is 0 Å². The normalized spacial score (nSPS) is 23.4. The Bertz CT molecular complexity index is 1370. The molecule has 0 radical (unpaired) electrons. The molecule has 1 aliphatic heterocycles. The van der Waals surface area contributed by atoms with Crippen LogP contribution in [0.5, 0.6) is 0 Å². The minimum atomic E-state index is -0.0738. The lowest BCUT2D eigenvalue weighted by Gasteiger charge is -2.30. The Hall–Kier alpha value is -1.04. The number of nitrogens with zero attached hydrogens (tertiary/aromatic N) is 1. The van der Waals surface area contributed by atoms with Gasteiger partial charge in [0.15, 0.2) is 0 Å². The molecule has 0 aromatic rings. The van der Waals surface area contributed by atoms with Crippen molar-refractivity contribution in [3.05, 3.63) is 24.4 Å². The predicted octanol–water partition coefficient (Wildman–Crippen LogP) is 18.9. The third-order valence-corrected chi connectivity index (χ3v) is 15.9. The lowest BCUT2D eigenvalue weighted by atomic mass is 9.89. The monoisotopic (exact) mass is 1140 g/mol. The molecule has 0 aromatic heterocycles. The molecule has 0 spiro atoms. The van der Waals surface area contributed by atoms with Crippen LogP contribution in [0.2, 0.25) is 0 Å². The van der Waals surface area contributed by atoms with Crippen LogP contribution in [-0.2, 0) is 28.4 Å². The molecule has 0 amide bonds. The molecule has 4 aliphatic carbocycles. The Morgan fingerprint density at radius 1 is 0.450 bits per heavy atom. The fourth-order valence-corrected chi connectivity index (χ4v) is 11.9. The molecular weight excluding hydrogens is 993 g/mol. The van der Waals surface area contributed by atoms with Crippen LogP contribution >= 0.6 is 0 Å². The lowest BCUT2D eigenvalue weighted by Crippen LogP contribution is -2.39. The highest BCUT2D eigenvalue weighted by molar-refractivity contribution is 4.98. The summed E-state index contributed by atoms with van der Waals surface area (Å²) < 4.78 is 35.2. The molecule has 1 saturated heterocycles. The maximum atomic E-state index is 9.35. The van der Waals surface area contributed by atoms with Crippen molar-refractivity contribution in [2.75, 3.05) is 32.8 Å². The summed E-state index contributed by atoms with van der Waals surface area (Å²) in [6.45, 7) is 55.3. The number of ether oxygens (including phenoxy) is 6. The van der Waals surface area contributed by atoms with E-state index < -0.39 is 0 Å². The molecule has 80 heavy (non-hydrogen) atoms.